The summed E-state index contributed by atoms with van der Waals surface area (Å²) in [4.78, 5) is 15.8. The summed E-state index contributed by atoms with van der Waals surface area (Å²) in [5.41, 5.74) is 11.7. The van der Waals surface area contributed by atoms with E-state index >= 15 is 0 Å². The van der Waals surface area contributed by atoms with Gasteiger partial charge in [-0.2, -0.15) is 0 Å². The number of hydrogen-bond donors (Lipinski definition) is 2. The zero-order valence-corrected chi connectivity index (χ0v) is 9.63. The molecule has 2 rings (SSSR count). The second-order valence-electron chi connectivity index (χ2n) is 4.40. The Bertz CT molecular complexity index is 429. The Hall–Kier alpha value is -1.13. The zero-order valence-electron chi connectivity index (χ0n) is 8.87. The van der Waals surface area contributed by atoms with E-state index in [1.54, 1.807) is 6.07 Å². The van der Waals surface area contributed by atoms with E-state index in [0.29, 0.717) is 17.0 Å². The quantitative estimate of drug-likeness (QED) is 0.788. The molecule has 1 aromatic heterocycles. The SMILES string of the molecule is Nc1ncc(Cl)cc1C(=O)CC1(N)CCC1. The van der Waals surface area contributed by atoms with Crippen LogP contribution in [-0.4, -0.2) is 16.3 Å². The highest BCUT2D eigenvalue weighted by molar-refractivity contribution is 6.31. The maximum Gasteiger partial charge on any atom is 0.168 e. The number of carbonyl (C=O) groups is 1. The molecule has 1 heterocycles. The Morgan fingerprint density at radius 1 is 1.56 bits per heavy atom. The molecule has 0 saturated heterocycles. The topological polar surface area (TPSA) is 82.0 Å². The number of anilines is 1. The highest BCUT2D eigenvalue weighted by Gasteiger charge is 2.35. The van der Waals surface area contributed by atoms with E-state index in [2.05, 4.69) is 4.98 Å². The van der Waals surface area contributed by atoms with Gasteiger partial charge in [-0.15, -0.1) is 0 Å². The van der Waals surface area contributed by atoms with Crippen LogP contribution in [0.2, 0.25) is 5.02 Å². The van der Waals surface area contributed by atoms with Gasteiger partial charge in [0.05, 0.1) is 10.6 Å². The minimum atomic E-state index is -0.341. The van der Waals surface area contributed by atoms with Gasteiger partial charge in [0.15, 0.2) is 5.78 Å². The van der Waals surface area contributed by atoms with Crippen molar-refractivity contribution in [3.63, 3.8) is 0 Å². The van der Waals surface area contributed by atoms with Crippen LogP contribution in [-0.2, 0) is 0 Å². The number of nitrogen functional groups attached to an aromatic ring is 1. The van der Waals surface area contributed by atoms with Gasteiger partial charge in [0.25, 0.3) is 0 Å². The van der Waals surface area contributed by atoms with Crippen LogP contribution in [0, 0.1) is 0 Å². The van der Waals surface area contributed by atoms with Gasteiger partial charge in [-0.3, -0.25) is 4.79 Å². The first-order valence-electron chi connectivity index (χ1n) is 5.23. The number of nitrogens with two attached hydrogens (primary N) is 2. The van der Waals surface area contributed by atoms with E-state index in [0.717, 1.165) is 19.3 Å². The van der Waals surface area contributed by atoms with Gasteiger partial charge in [0, 0.05) is 18.2 Å². The summed E-state index contributed by atoms with van der Waals surface area (Å²) in [7, 11) is 0. The monoisotopic (exact) mass is 239 g/mol. The van der Waals surface area contributed by atoms with Gasteiger partial charge in [-0.1, -0.05) is 11.6 Å². The van der Waals surface area contributed by atoms with Crippen molar-refractivity contribution in [2.24, 2.45) is 5.73 Å². The van der Waals surface area contributed by atoms with E-state index in [1.165, 1.54) is 6.20 Å². The van der Waals surface area contributed by atoms with E-state index < -0.39 is 0 Å². The molecule has 0 aromatic carbocycles. The minimum absolute atomic E-state index is 0.0744. The van der Waals surface area contributed by atoms with Crippen molar-refractivity contribution in [1.29, 1.82) is 0 Å². The second kappa shape index (κ2) is 4.03. The van der Waals surface area contributed by atoms with Gasteiger partial charge in [0.1, 0.15) is 5.82 Å². The predicted octanol–water partition coefficient (Wildman–Crippen LogP) is 1.77. The van der Waals surface area contributed by atoms with Crippen LogP contribution in [0.4, 0.5) is 5.82 Å². The Morgan fingerprint density at radius 3 is 2.81 bits per heavy atom. The first kappa shape index (κ1) is 11.4. The fourth-order valence-corrected chi connectivity index (χ4v) is 2.05. The molecular formula is C11H14ClN3O. The molecule has 0 aliphatic heterocycles. The van der Waals surface area contributed by atoms with Crippen LogP contribution in [0.5, 0.6) is 0 Å². The number of nitrogens with zero attached hydrogens (tertiary/aromatic N) is 1. The van der Waals surface area contributed by atoms with Crippen LogP contribution in [0.25, 0.3) is 0 Å². The molecule has 0 bridgehead atoms. The summed E-state index contributed by atoms with van der Waals surface area (Å²) in [5, 5.41) is 0.414. The number of pyridine rings is 1. The molecule has 0 radical (unpaired) electrons. The normalized spacial score (nSPS) is 17.9. The molecular weight excluding hydrogens is 226 g/mol. The van der Waals surface area contributed by atoms with Gasteiger partial charge in [-0.05, 0) is 25.3 Å². The average Bonchev–Trinajstić information content (AvgIpc) is 2.19. The molecule has 0 spiro atoms. The molecule has 1 aliphatic carbocycles. The van der Waals surface area contributed by atoms with Gasteiger partial charge < -0.3 is 11.5 Å². The maximum absolute atomic E-state index is 12.0. The predicted molar refractivity (Wildman–Crippen MR) is 63.4 cm³/mol. The summed E-state index contributed by atoms with van der Waals surface area (Å²) in [6.45, 7) is 0. The molecule has 4 nitrogen and oxygen atoms in total. The Kier molecular flexibility index (Phi) is 2.86. The minimum Gasteiger partial charge on any atom is -0.383 e. The molecule has 16 heavy (non-hydrogen) atoms. The summed E-state index contributed by atoms with van der Waals surface area (Å²) in [6.07, 6.45) is 4.63. The van der Waals surface area contributed by atoms with Crippen molar-refractivity contribution in [3.8, 4) is 0 Å². The second-order valence-corrected chi connectivity index (χ2v) is 4.84. The lowest BCUT2D eigenvalue weighted by molar-refractivity contribution is 0.0913. The number of aromatic nitrogens is 1. The van der Waals surface area contributed by atoms with Crippen molar-refractivity contribution in [1.82, 2.24) is 4.98 Å². The van der Waals surface area contributed by atoms with Crippen LogP contribution in [0.15, 0.2) is 12.3 Å². The summed E-state index contributed by atoms with van der Waals surface area (Å²) in [5.74, 6) is 0.145. The standard InChI is InChI=1S/C11H14ClN3O/c12-7-4-8(10(13)15-6-7)9(16)5-11(14)2-1-3-11/h4,6H,1-3,5,14H2,(H2,13,15). The molecule has 1 aliphatic rings. The lowest BCUT2D eigenvalue weighted by Crippen LogP contribution is -2.48. The number of halogens is 1. The number of hydrogen-bond acceptors (Lipinski definition) is 4. The number of Topliss-reactive ketones (excluding diaryl/α,β-unsaturated/α-hetero) is 1. The average molecular weight is 240 g/mol. The van der Waals surface area contributed by atoms with Crippen LogP contribution >= 0.6 is 11.6 Å². The lowest BCUT2D eigenvalue weighted by atomic mass is 9.74. The lowest BCUT2D eigenvalue weighted by Gasteiger charge is -2.37. The molecule has 5 heteroatoms. The first-order chi connectivity index (χ1) is 7.50. The fraction of sp³-hybridized carbons (Fsp3) is 0.455. The van der Waals surface area contributed by atoms with Gasteiger partial charge >= 0.3 is 0 Å². The highest BCUT2D eigenvalue weighted by Crippen LogP contribution is 2.33. The van der Waals surface area contributed by atoms with Crippen molar-refractivity contribution in [2.75, 3.05) is 5.73 Å². The largest absolute Gasteiger partial charge is 0.383 e. The van der Waals surface area contributed by atoms with Crippen LogP contribution in [0.1, 0.15) is 36.0 Å². The van der Waals surface area contributed by atoms with Crippen molar-refractivity contribution in [2.45, 2.75) is 31.2 Å². The van der Waals surface area contributed by atoms with Gasteiger partial charge in [-0.25, -0.2) is 4.98 Å². The van der Waals surface area contributed by atoms with Gasteiger partial charge in [0.2, 0.25) is 0 Å². The third-order valence-electron chi connectivity index (χ3n) is 3.05. The van der Waals surface area contributed by atoms with Crippen molar-refractivity contribution < 1.29 is 4.79 Å². The fourth-order valence-electron chi connectivity index (χ4n) is 1.90. The summed E-state index contributed by atoms with van der Waals surface area (Å²) in [6, 6.07) is 1.55. The van der Waals surface area contributed by atoms with E-state index in [-0.39, 0.29) is 17.1 Å². The molecule has 0 atom stereocenters. The number of rotatable bonds is 3. The zero-order chi connectivity index (χ0) is 11.8. The smallest absolute Gasteiger partial charge is 0.168 e. The highest BCUT2D eigenvalue weighted by atomic mass is 35.5. The maximum atomic E-state index is 12.0. The molecule has 0 amide bonds. The molecule has 1 aromatic rings. The number of carbonyl (C=O) groups excluding carboxylic acids is 1. The molecule has 1 saturated carbocycles. The number of ketones is 1. The third kappa shape index (κ3) is 2.18. The Labute approximate surface area is 99.0 Å². The van der Waals surface area contributed by atoms with E-state index in [1.807, 2.05) is 0 Å². The van der Waals surface area contributed by atoms with Crippen LogP contribution in [0.3, 0.4) is 0 Å². The molecule has 1 fully saturated rings. The summed E-state index contributed by atoms with van der Waals surface area (Å²) < 4.78 is 0. The summed E-state index contributed by atoms with van der Waals surface area (Å²) >= 11 is 5.78. The molecule has 4 N–H and O–H groups in total. The third-order valence-corrected chi connectivity index (χ3v) is 3.25. The van der Waals surface area contributed by atoms with Crippen molar-refractivity contribution in [3.05, 3.63) is 22.8 Å². The molecule has 86 valence electrons. The molecule has 0 unspecified atom stereocenters. The Balaban J connectivity index is 2.17. The van der Waals surface area contributed by atoms with Crippen LogP contribution < -0.4 is 11.5 Å². The Morgan fingerprint density at radius 2 is 2.25 bits per heavy atom. The van der Waals surface area contributed by atoms with E-state index in [4.69, 9.17) is 23.1 Å². The van der Waals surface area contributed by atoms with Crippen molar-refractivity contribution >= 4 is 23.2 Å². The first-order valence-corrected chi connectivity index (χ1v) is 5.61. The van der Waals surface area contributed by atoms with E-state index in [9.17, 15) is 4.79 Å².